The van der Waals surface area contributed by atoms with Crippen LogP contribution in [0.5, 0.6) is 0 Å². The first-order valence-corrected chi connectivity index (χ1v) is 6.42. The number of nitrogens with one attached hydrogen (secondary N) is 1. The van der Waals surface area contributed by atoms with Crippen LogP contribution in [0.1, 0.15) is 44.6 Å². The van der Waals surface area contributed by atoms with Gasteiger partial charge in [0, 0.05) is 31.9 Å². The lowest BCUT2D eigenvalue weighted by Crippen LogP contribution is -2.31. The van der Waals surface area contributed by atoms with Crippen LogP contribution in [-0.2, 0) is 13.6 Å². The van der Waals surface area contributed by atoms with Crippen LogP contribution >= 0.6 is 0 Å². The summed E-state index contributed by atoms with van der Waals surface area (Å²) in [5, 5.41) is 7.78. The summed E-state index contributed by atoms with van der Waals surface area (Å²) >= 11 is 0. The first-order chi connectivity index (χ1) is 7.74. The van der Waals surface area contributed by atoms with Gasteiger partial charge in [-0.2, -0.15) is 5.10 Å². The van der Waals surface area contributed by atoms with Crippen molar-refractivity contribution in [1.29, 1.82) is 0 Å². The minimum atomic E-state index is 0.586. The first-order valence-electron chi connectivity index (χ1n) is 6.42. The molecule has 1 N–H and O–H groups in total. The number of aryl methyl sites for hydroxylation is 1. The summed E-state index contributed by atoms with van der Waals surface area (Å²) in [6, 6.07) is 0. The summed E-state index contributed by atoms with van der Waals surface area (Å²) in [4.78, 5) is 0. The van der Waals surface area contributed by atoms with Crippen molar-refractivity contribution in [1.82, 2.24) is 15.1 Å². The van der Waals surface area contributed by atoms with Gasteiger partial charge in [0.15, 0.2) is 0 Å². The van der Waals surface area contributed by atoms with Crippen molar-refractivity contribution >= 4 is 0 Å². The average molecular weight is 221 g/mol. The van der Waals surface area contributed by atoms with E-state index in [0.717, 1.165) is 6.54 Å². The lowest BCUT2D eigenvalue weighted by Gasteiger charge is -2.27. The van der Waals surface area contributed by atoms with Gasteiger partial charge in [0.05, 0.1) is 6.20 Å². The third-order valence-corrected chi connectivity index (χ3v) is 4.00. The van der Waals surface area contributed by atoms with Crippen LogP contribution < -0.4 is 5.32 Å². The van der Waals surface area contributed by atoms with Gasteiger partial charge < -0.3 is 5.32 Å². The van der Waals surface area contributed by atoms with Crippen LogP contribution in [0, 0.1) is 5.41 Å². The maximum Gasteiger partial charge on any atom is 0.0534 e. The number of rotatable bonds is 5. The van der Waals surface area contributed by atoms with E-state index in [-0.39, 0.29) is 0 Å². The SMILES string of the molecule is CCC1(CNCc2cnn(C)c2)CCCC1. The zero-order valence-corrected chi connectivity index (χ0v) is 10.5. The molecule has 2 rings (SSSR count). The van der Waals surface area contributed by atoms with Crippen LogP contribution in [-0.4, -0.2) is 16.3 Å². The Balaban J connectivity index is 1.78. The Morgan fingerprint density at radius 2 is 2.19 bits per heavy atom. The normalized spacial score (nSPS) is 19.1. The molecular weight excluding hydrogens is 198 g/mol. The molecule has 0 aliphatic heterocycles. The summed E-state index contributed by atoms with van der Waals surface area (Å²) in [7, 11) is 1.97. The zero-order valence-electron chi connectivity index (χ0n) is 10.5. The smallest absolute Gasteiger partial charge is 0.0534 e. The van der Waals surface area contributed by atoms with Crippen LogP contribution in [0.4, 0.5) is 0 Å². The Labute approximate surface area is 98.2 Å². The fourth-order valence-electron chi connectivity index (χ4n) is 2.82. The minimum absolute atomic E-state index is 0.586. The van der Waals surface area contributed by atoms with Crippen LogP contribution in [0.25, 0.3) is 0 Å². The molecule has 0 amide bonds. The lowest BCUT2D eigenvalue weighted by molar-refractivity contribution is 0.268. The monoisotopic (exact) mass is 221 g/mol. The fraction of sp³-hybridized carbons (Fsp3) is 0.769. The van der Waals surface area contributed by atoms with E-state index < -0.39 is 0 Å². The van der Waals surface area contributed by atoms with Crippen molar-refractivity contribution in [2.45, 2.75) is 45.6 Å². The molecule has 0 aromatic carbocycles. The lowest BCUT2D eigenvalue weighted by atomic mass is 9.83. The van der Waals surface area contributed by atoms with Gasteiger partial charge >= 0.3 is 0 Å². The molecule has 1 saturated carbocycles. The highest BCUT2D eigenvalue weighted by Gasteiger charge is 2.31. The Kier molecular flexibility index (Phi) is 3.64. The second-order valence-corrected chi connectivity index (χ2v) is 5.19. The molecular formula is C13H23N3. The highest BCUT2D eigenvalue weighted by Crippen LogP contribution is 2.40. The molecule has 0 saturated heterocycles. The molecule has 90 valence electrons. The van der Waals surface area contributed by atoms with Gasteiger partial charge in [0.25, 0.3) is 0 Å². The second-order valence-electron chi connectivity index (χ2n) is 5.19. The number of aromatic nitrogens is 2. The topological polar surface area (TPSA) is 29.9 Å². The molecule has 0 unspecified atom stereocenters. The number of hydrogen-bond acceptors (Lipinski definition) is 2. The van der Waals surface area contributed by atoms with Crippen molar-refractivity contribution in [3.63, 3.8) is 0 Å². The third-order valence-electron chi connectivity index (χ3n) is 4.00. The fourth-order valence-corrected chi connectivity index (χ4v) is 2.82. The van der Waals surface area contributed by atoms with Crippen molar-refractivity contribution in [2.75, 3.05) is 6.54 Å². The van der Waals surface area contributed by atoms with Gasteiger partial charge in [-0.15, -0.1) is 0 Å². The number of hydrogen-bond donors (Lipinski definition) is 1. The molecule has 0 bridgehead atoms. The zero-order chi connectivity index (χ0) is 11.4. The second kappa shape index (κ2) is 5.00. The van der Waals surface area contributed by atoms with Crippen molar-refractivity contribution in [3.8, 4) is 0 Å². The van der Waals surface area contributed by atoms with E-state index in [9.17, 15) is 0 Å². The van der Waals surface area contributed by atoms with Crippen LogP contribution in [0.2, 0.25) is 0 Å². The molecule has 0 spiro atoms. The average Bonchev–Trinajstić information content (AvgIpc) is 2.89. The van der Waals surface area contributed by atoms with Crippen LogP contribution in [0.3, 0.4) is 0 Å². The van der Waals surface area contributed by atoms with E-state index in [2.05, 4.69) is 23.5 Å². The van der Waals surface area contributed by atoms with Crippen molar-refractivity contribution in [2.24, 2.45) is 12.5 Å². The molecule has 16 heavy (non-hydrogen) atoms. The third kappa shape index (κ3) is 2.64. The summed E-state index contributed by atoms with van der Waals surface area (Å²) in [5.41, 5.74) is 1.87. The molecule has 1 aliphatic rings. The Bertz CT molecular complexity index is 324. The van der Waals surface area contributed by atoms with Crippen molar-refractivity contribution in [3.05, 3.63) is 18.0 Å². The largest absolute Gasteiger partial charge is 0.312 e. The predicted molar refractivity (Wildman–Crippen MR) is 66.1 cm³/mol. The van der Waals surface area contributed by atoms with Crippen molar-refractivity contribution < 1.29 is 0 Å². The van der Waals surface area contributed by atoms with Gasteiger partial charge in [-0.05, 0) is 24.7 Å². The van der Waals surface area contributed by atoms with Gasteiger partial charge in [-0.3, -0.25) is 4.68 Å². The number of nitrogens with zero attached hydrogens (tertiary/aromatic N) is 2. The van der Waals surface area contributed by atoms with Gasteiger partial charge in [0.2, 0.25) is 0 Å². The van der Waals surface area contributed by atoms with E-state index in [1.807, 2.05) is 17.9 Å². The summed E-state index contributed by atoms with van der Waals surface area (Å²) in [6.45, 7) is 4.45. The molecule has 1 aromatic heterocycles. The highest BCUT2D eigenvalue weighted by molar-refractivity contribution is 5.03. The van der Waals surface area contributed by atoms with Gasteiger partial charge in [-0.25, -0.2) is 0 Å². The quantitative estimate of drug-likeness (QED) is 0.828. The molecule has 1 aromatic rings. The van der Waals surface area contributed by atoms with Crippen LogP contribution in [0.15, 0.2) is 12.4 Å². The van der Waals surface area contributed by atoms with E-state index in [0.29, 0.717) is 5.41 Å². The Morgan fingerprint density at radius 3 is 2.75 bits per heavy atom. The summed E-state index contributed by atoms with van der Waals surface area (Å²) in [6.07, 6.45) is 11.0. The summed E-state index contributed by atoms with van der Waals surface area (Å²) < 4.78 is 1.86. The molecule has 1 aliphatic carbocycles. The minimum Gasteiger partial charge on any atom is -0.312 e. The van der Waals surface area contributed by atoms with E-state index >= 15 is 0 Å². The first kappa shape index (κ1) is 11.6. The highest BCUT2D eigenvalue weighted by atomic mass is 15.2. The molecule has 0 atom stereocenters. The van der Waals surface area contributed by atoms with E-state index in [1.165, 1.54) is 44.2 Å². The maximum atomic E-state index is 4.18. The van der Waals surface area contributed by atoms with E-state index in [4.69, 9.17) is 0 Å². The van der Waals surface area contributed by atoms with Gasteiger partial charge in [-0.1, -0.05) is 19.8 Å². The molecule has 3 nitrogen and oxygen atoms in total. The van der Waals surface area contributed by atoms with E-state index in [1.54, 1.807) is 0 Å². The Hall–Kier alpha value is -0.830. The molecule has 3 heteroatoms. The molecule has 1 heterocycles. The standard InChI is InChI=1S/C13H23N3/c1-3-13(6-4-5-7-13)11-14-8-12-9-15-16(2)10-12/h9-10,14H,3-8,11H2,1-2H3. The summed E-state index contributed by atoms with van der Waals surface area (Å²) in [5.74, 6) is 0. The molecule has 1 fully saturated rings. The molecule has 0 radical (unpaired) electrons. The maximum absolute atomic E-state index is 4.18. The Morgan fingerprint density at radius 1 is 1.44 bits per heavy atom. The predicted octanol–water partition coefficient (Wildman–Crippen LogP) is 2.48. The van der Waals surface area contributed by atoms with Gasteiger partial charge in [0.1, 0.15) is 0 Å².